The molecule has 0 aliphatic heterocycles. The highest BCUT2D eigenvalue weighted by atomic mass is 79.9. The van der Waals surface area contributed by atoms with Crippen LogP contribution in [0.2, 0.25) is 5.02 Å². The zero-order valence-electron chi connectivity index (χ0n) is 9.74. The van der Waals surface area contributed by atoms with Gasteiger partial charge in [-0.25, -0.2) is 0 Å². The number of benzene rings is 2. The number of halogens is 3. The number of hydrogen-bond acceptors (Lipinski definition) is 0. The van der Waals surface area contributed by atoms with Crippen LogP contribution in [0.1, 0.15) is 17.0 Å². The predicted molar refractivity (Wildman–Crippen MR) is 85.8 cm³/mol. The lowest BCUT2D eigenvalue weighted by Crippen LogP contribution is -2.04. The molecule has 0 nitrogen and oxygen atoms in total. The monoisotopic (exact) mass is 386 g/mol. The van der Waals surface area contributed by atoms with E-state index in [1.807, 2.05) is 12.1 Å². The molecule has 0 fully saturated rings. The molecular weight excluding hydrogens is 375 g/mol. The van der Waals surface area contributed by atoms with Crippen molar-refractivity contribution in [2.24, 2.45) is 0 Å². The van der Waals surface area contributed by atoms with Gasteiger partial charge in [-0.1, -0.05) is 67.7 Å². The van der Waals surface area contributed by atoms with Crippen LogP contribution < -0.4 is 0 Å². The van der Waals surface area contributed by atoms with Crippen molar-refractivity contribution in [3.8, 4) is 0 Å². The van der Waals surface area contributed by atoms with Crippen LogP contribution in [0.4, 0.5) is 0 Å². The van der Waals surface area contributed by atoms with E-state index in [9.17, 15) is 0 Å². The average Bonchev–Trinajstić information content (AvgIpc) is 2.38. The first-order valence-electron chi connectivity index (χ1n) is 5.75. The molecule has 0 N–H and O–H groups in total. The minimum atomic E-state index is 0.476. The lowest BCUT2D eigenvalue weighted by atomic mass is 9.94. The second-order valence-electron chi connectivity index (χ2n) is 4.24. The molecule has 1 atom stereocenters. The average molecular weight is 389 g/mol. The fourth-order valence-corrected chi connectivity index (χ4v) is 3.07. The molecule has 0 heterocycles. The van der Waals surface area contributed by atoms with Crippen molar-refractivity contribution >= 4 is 43.5 Å². The molecular formula is C15H13Br2Cl. The van der Waals surface area contributed by atoms with Gasteiger partial charge in [0.2, 0.25) is 0 Å². The van der Waals surface area contributed by atoms with Crippen LogP contribution >= 0.6 is 43.5 Å². The third-order valence-corrected chi connectivity index (χ3v) is 4.43. The molecule has 0 aliphatic carbocycles. The number of alkyl halides is 1. The molecule has 0 saturated carbocycles. The van der Waals surface area contributed by atoms with E-state index in [1.54, 1.807) is 0 Å². The molecule has 1 unspecified atom stereocenters. The SMILES string of the molecule is Clc1ccc(CC(CBr)c2cccc(Br)c2)cc1. The van der Waals surface area contributed by atoms with E-state index in [-0.39, 0.29) is 0 Å². The molecule has 0 aliphatic rings. The summed E-state index contributed by atoms with van der Waals surface area (Å²) in [5.41, 5.74) is 2.65. The summed E-state index contributed by atoms with van der Waals surface area (Å²) in [7, 11) is 0. The Morgan fingerprint density at radius 1 is 1.06 bits per heavy atom. The summed E-state index contributed by atoms with van der Waals surface area (Å²) in [6, 6.07) is 16.6. The van der Waals surface area contributed by atoms with Crippen LogP contribution in [0.15, 0.2) is 53.0 Å². The molecule has 2 rings (SSSR count). The zero-order valence-corrected chi connectivity index (χ0v) is 13.7. The fraction of sp³-hybridized carbons (Fsp3) is 0.200. The molecule has 0 amide bonds. The Balaban J connectivity index is 2.17. The van der Waals surface area contributed by atoms with Crippen molar-refractivity contribution in [2.75, 3.05) is 5.33 Å². The first-order valence-corrected chi connectivity index (χ1v) is 8.04. The first kappa shape index (κ1) is 14.1. The Morgan fingerprint density at radius 3 is 2.39 bits per heavy atom. The lowest BCUT2D eigenvalue weighted by molar-refractivity contribution is 0.775. The second-order valence-corrected chi connectivity index (χ2v) is 6.24. The normalized spacial score (nSPS) is 12.4. The Bertz CT molecular complexity index is 508. The van der Waals surface area contributed by atoms with Gasteiger partial charge in [0.15, 0.2) is 0 Å². The quantitative estimate of drug-likeness (QED) is 0.579. The van der Waals surface area contributed by atoms with Crippen LogP contribution in [-0.2, 0) is 6.42 Å². The largest absolute Gasteiger partial charge is 0.0921 e. The molecule has 0 spiro atoms. The van der Waals surface area contributed by atoms with Crippen molar-refractivity contribution < 1.29 is 0 Å². The van der Waals surface area contributed by atoms with Crippen LogP contribution in [0.5, 0.6) is 0 Å². The van der Waals surface area contributed by atoms with Gasteiger partial charge in [-0.2, -0.15) is 0 Å². The molecule has 0 aromatic heterocycles. The van der Waals surface area contributed by atoms with Crippen LogP contribution in [0.25, 0.3) is 0 Å². The van der Waals surface area contributed by atoms with E-state index in [4.69, 9.17) is 11.6 Å². The van der Waals surface area contributed by atoms with E-state index in [1.165, 1.54) is 11.1 Å². The van der Waals surface area contributed by atoms with E-state index >= 15 is 0 Å². The van der Waals surface area contributed by atoms with Crippen molar-refractivity contribution in [3.05, 3.63) is 69.2 Å². The van der Waals surface area contributed by atoms with Crippen molar-refractivity contribution in [1.82, 2.24) is 0 Å². The van der Waals surface area contributed by atoms with Gasteiger partial charge in [0, 0.05) is 14.8 Å². The van der Waals surface area contributed by atoms with E-state index in [2.05, 4.69) is 68.3 Å². The van der Waals surface area contributed by atoms with Crippen molar-refractivity contribution in [2.45, 2.75) is 12.3 Å². The predicted octanol–water partition coefficient (Wildman–Crippen LogP) is 5.82. The van der Waals surface area contributed by atoms with Gasteiger partial charge in [-0.15, -0.1) is 0 Å². The first-order chi connectivity index (χ1) is 8.69. The molecule has 18 heavy (non-hydrogen) atoms. The summed E-state index contributed by atoms with van der Waals surface area (Å²) in [5, 5.41) is 1.74. The number of rotatable bonds is 4. The highest BCUT2D eigenvalue weighted by Crippen LogP contribution is 2.26. The highest BCUT2D eigenvalue weighted by molar-refractivity contribution is 9.10. The lowest BCUT2D eigenvalue weighted by Gasteiger charge is -2.15. The third-order valence-electron chi connectivity index (χ3n) is 2.90. The van der Waals surface area contributed by atoms with Gasteiger partial charge in [0.25, 0.3) is 0 Å². The number of hydrogen-bond donors (Lipinski definition) is 0. The standard InChI is InChI=1S/C15H13Br2Cl/c16-10-13(12-2-1-3-14(17)9-12)8-11-4-6-15(18)7-5-11/h1-7,9,13H,8,10H2. The van der Waals surface area contributed by atoms with Gasteiger partial charge >= 0.3 is 0 Å². The third kappa shape index (κ3) is 3.84. The smallest absolute Gasteiger partial charge is 0.0406 e. The molecule has 2 aromatic carbocycles. The van der Waals surface area contributed by atoms with Crippen LogP contribution in [0, 0.1) is 0 Å². The maximum Gasteiger partial charge on any atom is 0.0406 e. The Kier molecular flexibility index (Phi) is 5.28. The van der Waals surface area contributed by atoms with Crippen molar-refractivity contribution in [1.29, 1.82) is 0 Å². The molecule has 2 aromatic rings. The van der Waals surface area contributed by atoms with Gasteiger partial charge in [-0.05, 0) is 47.7 Å². The van der Waals surface area contributed by atoms with E-state index in [0.717, 1.165) is 21.2 Å². The van der Waals surface area contributed by atoms with Crippen molar-refractivity contribution in [3.63, 3.8) is 0 Å². The fourth-order valence-electron chi connectivity index (χ4n) is 1.93. The van der Waals surface area contributed by atoms with Gasteiger partial charge in [-0.3, -0.25) is 0 Å². The second kappa shape index (κ2) is 6.74. The summed E-state index contributed by atoms with van der Waals surface area (Å²) in [4.78, 5) is 0. The molecule has 3 heteroatoms. The molecule has 94 valence electrons. The summed E-state index contributed by atoms with van der Waals surface area (Å²) >= 11 is 13.0. The minimum absolute atomic E-state index is 0.476. The summed E-state index contributed by atoms with van der Waals surface area (Å²) in [5.74, 6) is 0.476. The summed E-state index contributed by atoms with van der Waals surface area (Å²) in [6.07, 6.45) is 1.01. The maximum absolute atomic E-state index is 5.90. The zero-order chi connectivity index (χ0) is 13.0. The highest BCUT2D eigenvalue weighted by Gasteiger charge is 2.11. The molecule has 0 radical (unpaired) electrons. The summed E-state index contributed by atoms with van der Waals surface area (Å²) in [6.45, 7) is 0. The Labute approximate surface area is 130 Å². The van der Waals surface area contributed by atoms with Crippen LogP contribution in [0.3, 0.4) is 0 Å². The molecule has 0 saturated heterocycles. The summed E-state index contributed by atoms with van der Waals surface area (Å²) < 4.78 is 1.13. The maximum atomic E-state index is 5.90. The van der Waals surface area contributed by atoms with Crippen LogP contribution in [-0.4, -0.2) is 5.33 Å². The van der Waals surface area contributed by atoms with Gasteiger partial charge in [0.05, 0.1) is 0 Å². The van der Waals surface area contributed by atoms with E-state index in [0.29, 0.717) is 5.92 Å². The topological polar surface area (TPSA) is 0 Å². The van der Waals surface area contributed by atoms with E-state index < -0.39 is 0 Å². The van der Waals surface area contributed by atoms with Gasteiger partial charge < -0.3 is 0 Å². The Morgan fingerprint density at radius 2 is 1.78 bits per heavy atom. The van der Waals surface area contributed by atoms with Gasteiger partial charge in [0.1, 0.15) is 0 Å². The minimum Gasteiger partial charge on any atom is -0.0921 e. The molecule has 0 bridgehead atoms. The Hall–Kier alpha value is -0.310.